The lowest BCUT2D eigenvalue weighted by Crippen LogP contribution is -2.49. The molecule has 0 aliphatic heterocycles. The van der Waals surface area contributed by atoms with E-state index in [0.717, 1.165) is 17.5 Å². The average Bonchev–Trinajstić information content (AvgIpc) is 2.79. The Labute approximate surface area is 203 Å². The Balaban J connectivity index is 0.00000578. The number of carbonyl (C=O) groups excluding carboxylic acids is 3. The molecule has 2 rings (SSSR count). The molecule has 2 amide bonds. The molecular weight excluding hydrogens is 432 g/mol. The van der Waals surface area contributed by atoms with E-state index < -0.39 is 6.04 Å². The summed E-state index contributed by atoms with van der Waals surface area (Å²) in [5, 5.41) is 3.01. The second kappa shape index (κ2) is 13.8. The lowest BCUT2D eigenvalue weighted by molar-refractivity contribution is -0.137. The fourth-order valence-electron chi connectivity index (χ4n) is 3.68. The Kier molecular flexibility index (Phi) is 11.2. The third kappa shape index (κ3) is 9.82. The van der Waals surface area contributed by atoms with E-state index >= 15 is 0 Å². The first-order valence-corrected chi connectivity index (χ1v) is 12.5. The van der Waals surface area contributed by atoms with E-state index in [-0.39, 0.29) is 30.2 Å². The molecule has 0 heterocycles. The second-order valence-electron chi connectivity index (χ2n) is 8.89. The summed E-state index contributed by atoms with van der Waals surface area (Å²) in [6, 6.07) is 19.2. The molecule has 2 aromatic rings. The zero-order valence-electron chi connectivity index (χ0n) is 20.1. The quantitative estimate of drug-likeness (QED) is 0.477. The number of nitrogens with one attached hydrogen (secondary N) is 1. The van der Waals surface area contributed by atoms with Gasteiger partial charge in [-0.2, -0.15) is 0 Å². The van der Waals surface area contributed by atoms with Crippen LogP contribution in [0.4, 0.5) is 0 Å². The lowest BCUT2D eigenvalue weighted by Gasteiger charge is -2.27. The maximum absolute atomic E-state index is 13.2. The summed E-state index contributed by atoms with van der Waals surface area (Å²) in [7, 11) is 1.77. The highest BCUT2D eigenvalue weighted by atomic mass is 32.2. The van der Waals surface area contributed by atoms with Gasteiger partial charge >= 0.3 is 0 Å². The first-order chi connectivity index (χ1) is 15.8. The van der Waals surface area contributed by atoms with Gasteiger partial charge in [0.15, 0.2) is 5.12 Å². The summed E-state index contributed by atoms with van der Waals surface area (Å²) >= 11 is 1.17. The molecule has 180 valence electrons. The third-order valence-corrected chi connectivity index (χ3v) is 6.42. The summed E-state index contributed by atoms with van der Waals surface area (Å²) in [6.07, 6.45) is 1.93. The van der Waals surface area contributed by atoms with Crippen molar-refractivity contribution in [3.63, 3.8) is 0 Å². The second-order valence-corrected chi connectivity index (χ2v) is 10.1. The molecule has 0 saturated heterocycles. The number of aryl methyl sites for hydroxylation is 1. The van der Waals surface area contributed by atoms with E-state index in [1.807, 2.05) is 74.5 Å². The van der Waals surface area contributed by atoms with Gasteiger partial charge in [0.1, 0.15) is 6.04 Å². The van der Waals surface area contributed by atoms with Crippen molar-refractivity contribution in [3.8, 4) is 0 Å². The van der Waals surface area contributed by atoms with Gasteiger partial charge in [-0.15, -0.1) is 0 Å². The number of hydrogen-bond acceptors (Lipinski definition) is 4. The minimum atomic E-state index is -0.590. The number of amides is 2. The maximum Gasteiger partial charge on any atom is 0.245 e. The van der Waals surface area contributed by atoms with Crippen LogP contribution in [0.15, 0.2) is 60.7 Å². The standard InChI is InChI=1S/C27H36N2O3S.H2/c1-20(2)17-25(27(32)29(4)18-23-13-9-6-10-14-23)28-26(31)24(19-33-21(3)30)16-15-22-11-7-5-8-12-22;/h5-14,20,24-25H,15-19H2,1-4H3,(H,28,31);1H. The number of hydrogen-bond donors (Lipinski definition) is 1. The summed E-state index contributed by atoms with van der Waals surface area (Å²) in [5.74, 6) is 0.0599. The number of rotatable bonds is 12. The highest BCUT2D eigenvalue weighted by Gasteiger charge is 2.28. The minimum absolute atomic E-state index is 0. The van der Waals surface area contributed by atoms with Crippen LogP contribution in [0.2, 0.25) is 0 Å². The molecule has 33 heavy (non-hydrogen) atoms. The van der Waals surface area contributed by atoms with E-state index in [4.69, 9.17) is 0 Å². The molecule has 0 aromatic heterocycles. The van der Waals surface area contributed by atoms with Gasteiger partial charge in [0.2, 0.25) is 11.8 Å². The molecule has 0 fully saturated rings. The van der Waals surface area contributed by atoms with Gasteiger partial charge in [0.05, 0.1) is 0 Å². The maximum atomic E-state index is 13.2. The highest BCUT2D eigenvalue weighted by Crippen LogP contribution is 2.18. The van der Waals surface area contributed by atoms with Crippen LogP contribution >= 0.6 is 11.8 Å². The molecule has 0 saturated carbocycles. The van der Waals surface area contributed by atoms with E-state index in [0.29, 0.717) is 25.1 Å². The molecular formula is C27H38N2O3S. The molecule has 0 aliphatic carbocycles. The van der Waals surface area contributed by atoms with Crippen molar-refractivity contribution in [2.45, 2.75) is 52.6 Å². The van der Waals surface area contributed by atoms with Crippen molar-refractivity contribution in [2.24, 2.45) is 11.8 Å². The van der Waals surface area contributed by atoms with E-state index in [2.05, 4.69) is 5.32 Å². The molecule has 0 spiro atoms. The van der Waals surface area contributed by atoms with Crippen LogP contribution in [0.1, 0.15) is 46.2 Å². The molecule has 1 N–H and O–H groups in total. The number of nitrogens with zero attached hydrogens (tertiary/aromatic N) is 1. The Hall–Kier alpha value is -2.60. The SMILES string of the molecule is CC(=O)SCC(CCc1ccccc1)C(=O)NC(CC(C)C)C(=O)N(C)Cc1ccccc1.[HH]. The Morgan fingerprint density at radius 1 is 0.970 bits per heavy atom. The fourth-order valence-corrected chi connectivity index (χ4v) is 4.43. The van der Waals surface area contributed by atoms with Crippen LogP contribution in [-0.2, 0) is 27.3 Å². The van der Waals surface area contributed by atoms with Gasteiger partial charge < -0.3 is 10.2 Å². The largest absolute Gasteiger partial charge is 0.344 e. The monoisotopic (exact) mass is 470 g/mol. The lowest BCUT2D eigenvalue weighted by atomic mass is 9.98. The van der Waals surface area contributed by atoms with Crippen LogP contribution in [0.3, 0.4) is 0 Å². The van der Waals surface area contributed by atoms with E-state index in [1.54, 1.807) is 11.9 Å². The van der Waals surface area contributed by atoms with Crippen LogP contribution in [0.5, 0.6) is 0 Å². The van der Waals surface area contributed by atoms with Crippen molar-refractivity contribution in [1.29, 1.82) is 0 Å². The van der Waals surface area contributed by atoms with Gasteiger partial charge in [-0.3, -0.25) is 14.4 Å². The molecule has 2 atom stereocenters. The van der Waals surface area contributed by atoms with Crippen molar-refractivity contribution in [3.05, 3.63) is 71.8 Å². The molecule has 0 bridgehead atoms. The first kappa shape index (κ1) is 26.7. The van der Waals surface area contributed by atoms with Gasteiger partial charge in [0, 0.05) is 33.6 Å². The van der Waals surface area contributed by atoms with E-state index in [1.165, 1.54) is 18.7 Å². The van der Waals surface area contributed by atoms with Gasteiger partial charge in [-0.05, 0) is 36.3 Å². The smallest absolute Gasteiger partial charge is 0.245 e. The van der Waals surface area contributed by atoms with Crippen molar-refractivity contribution in [2.75, 3.05) is 12.8 Å². The minimum Gasteiger partial charge on any atom is -0.344 e. The van der Waals surface area contributed by atoms with Crippen LogP contribution < -0.4 is 5.32 Å². The topological polar surface area (TPSA) is 66.5 Å². The van der Waals surface area contributed by atoms with Crippen molar-refractivity contribution >= 4 is 28.7 Å². The van der Waals surface area contributed by atoms with Crippen LogP contribution in [0, 0.1) is 11.8 Å². The highest BCUT2D eigenvalue weighted by molar-refractivity contribution is 8.13. The molecule has 2 aromatic carbocycles. The Bertz CT molecular complexity index is 893. The Morgan fingerprint density at radius 3 is 2.09 bits per heavy atom. The Morgan fingerprint density at radius 2 is 1.55 bits per heavy atom. The number of carbonyl (C=O) groups is 3. The molecule has 6 heteroatoms. The number of likely N-dealkylation sites (N-methyl/N-ethyl adjacent to an activating group) is 1. The normalized spacial score (nSPS) is 12.8. The van der Waals surface area contributed by atoms with E-state index in [9.17, 15) is 14.4 Å². The molecule has 0 radical (unpaired) electrons. The molecule has 5 nitrogen and oxygen atoms in total. The predicted molar refractivity (Wildman–Crippen MR) is 138 cm³/mol. The molecule has 0 aliphatic rings. The zero-order chi connectivity index (χ0) is 24.2. The number of thioether (sulfide) groups is 1. The third-order valence-electron chi connectivity index (χ3n) is 5.44. The summed E-state index contributed by atoms with van der Waals surface area (Å²) in [4.78, 5) is 39.7. The van der Waals surface area contributed by atoms with Crippen LogP contribution in [-0.4, -0.2) is 40.7 Å². The summed E-state index contributed by atoms with van der Waals surface area (Å²) < 4.78 is 0. The van der Waals surface area contributed by atoms with Crippen molar-refractivity contribution in [1.82, 2.24) is 10.2 Å². The fraction of sp³-hybridized carbons (Fsp3) is 0.444. The van der Waals surface area contributed by atoms with Gasteiger partial charge in [-0.1, -0.05) is 86.3 Å². The molecule has 2 unspecified atom stereocenters. The summed E-state index contributed by atoms with van der Waals surface area (Å²) in [5.41, 5.74) is 2.20. The van der Waals surface area contributed by atoms with Gasteiger partial charge in [-0.25, -0.2) is 0 Å². The summed E-state index contributed by atoms with van der Waals surface area (Å²) in [6.45, 7) is 6.09. The average molecular weight is 471 g/mol. The predicted octanol–water partition coefficient (Wildman–Crippen LogP) is 4.95. The zero-order valence-corrected chi connectivity index (χ0v) is 20.9. The van der Waals surface area contributed by atoms with Crippen molar-refractivity contribution < 1.29 is 15.8 Å². The number of benzene rings is 2. The first-order valence-electron chi connectivity index (χ1n) is 11.5. The van der Waals surface area contributed by atoms with Gasteiger partial charge in [0.25, 0.3) is 0 Å². The van der Waals surface area contributed by atoms with Crippen LogP contribution in [0.25, 0.3) is 0 Å².